The predicted octanol–water partition coefficient (Wildman–Crippen LogP) is -1.30. The van der Waals surface area contributed by atoms with Crippen molar-refractivity contribution in [2.45, 2.75) is 19.1 Å². The Morgan fingerprint density at radius 1 is 1.67 bits per heavy atom. The fourth-order valence-corrected chi connectivity index (χ4v) is 1.44. The molecule has 0 bridgehead atoms. The van der Waals surface area contributed by atoms with Crippen molar-refractivity contribution in [3.05, 3.63) is 0 Å². The van der Waals surface area contributed by atoms with Crippen molar-refractivity contribution in [2.75, 3.05) is 20.2 Å². The van der Waals surface area contributed by atoms with Crippen LogP contribution in [0.1, 0.15) is 6.92 Å². The van der Waals surface area contributed by atoms with Gasteiger partial charge >= 0.3 is 0 Å². The van der Waals surface area contributed by atoms with Crippen LogP contribution in [0.25, 0.3) is 0 Å². The van der Waals surface area contributed by atoms with Crippen molar-refractivity contribution >= 4 is 5.91 Å². The third kappa shape index (κ3) is 2.17. The summed E-state index contributed by atoms with van der Waals surface area (Å²) < 4.78 is 5.16. The second kappa shape index (κ2) is 3.84. The summed E-state index contributed by atoms with van der Waals surface area (Å²) in [5.74, 6) is 5.52. The number of methoxy groups -OCH3 is 1. The lowest BCUT2D eigenvalue weighted by atomic mass is 10.2. The van der Waals surface area contributed by atoms with E-state index in [4.69, 9.17) is 10.6 Å². The molecule has 1 fully saturated rings. The standard InChI is InChI=1S/C7H15N3O2/c1-5(11)9-6-3-10(8)4-7(6)12-2/h6-7H,3-4,8H2,1-2H3,(H,9,11). The summed E-state index contributed by atoms with van der Waals surface area (Å²) in [6.07, 6.45) is 0.0129. The Morgan fingerprint density at radius 3 is 2.83 bits per heavy atom. The molecule has 1 rings (SSSR count). The largest absolute Gasteiger partial charge is 0.378 e. The maximum atomic E-state index is 10.7. The lowest BCUT2D eigenvalue weighted by molar-refractivity contribution is -0.120. The van der Waals surface area contributed by atoms with Crippen LogP contribution in [0.4, 0.5) is 0 Å². The zero-order valence-corrected chi connectivity index (χ0v) is 7.41. The zero-order chi connectivity index (χ0) is 9.14. The molecule has 0 aromatic rings. The number of nitrogens with zero attached hydrogens (tertiary/aromatic N) is 1. The summed E-state index contributed by atoms with van der Waals surface area (Å²) in [5.41, 5.74) is 0. The molecule has 1 saturated heterocycles. The maximum Gasteiger partial charge on any atom is 0.217 e. The zero-order valence-electron chi connectivity index (χ0n) is 7.41. The average Bonchev–Trinajstić information content (AvgIpc) is 2.29. The van der Waals surface area contributed by atoms with Gasteiger partial charge in [-0.1, -0.05) is 0 Å². The van der Waals surface area contributed by atoms with Gasteiger partial charge in [0.1, 0.15) is 0 Å². The smallest absolute Gasteiger partial charge is 0.217 e. The minimum absolute atomic E-state index is 0.0129. The van der Waals surface area contributed by atoms with Crippen LogP contribution in [0.15, 0.2) is 0 Å². The van der Waals surface area contributed by atoms with Gasteiger partial charge in [0.05, 0.1) is 12.1 Å². The predicted molar refractivity (Wildman–Crippen MR) is 44.2 cm³/mol. The molecule has 0 spiro atoms. The van der Waals surface area contributed by atoms with Crippen LogP contribution >= 0.6 is 0 Å². The molecule has 2 atom stereocenters. The number of rotatable bonds is 2. The van der Waals surface area contributed by atoms with Crippen molar-refractivity contribution in [2.24, 2.45) is 5.84 Å². The molecule has 1 aliphatic heterocycles. The fraction of sp³-hybridized carbons (Fsp3) is 0.857. The topological polar surface area (TPSA) is 67.6 Å². The van der Waals surface area contributed by atoms with E-state index in [0.29, 0.717) is 13.1 Å². The van der Waals surface area contributed by atoms with E-state index in [-0.39, 0.29) is 18.1 Å². The molecule has 5 heteroatoms. The number of carbonyl (C=O) groups is 1. The summed E-state index contributed by atoms with van der Waals surface area (Å²) in [5, 5.41) is 4.44. The highest BCUT2D eigenvalue weighted by atomic mass is 16.5. The van der Waals surface area contributed by atoms with Gasteiger partial charge in [-0.2, -0.15) is 0 Å². The highest BCUT2D eigenvalue weighted by molar-refractivity contribution is 5.73. The summed E-state index contributed by atoms with van der Waals surface area (Å²) in [6.45, 7) is 2.81. The molecule has 1 aliphatic rings. The maximum absolute atomic E-state index is 10.7. The average molecular weight is 173 g/mol. The monoisotopic (exact) mass is 173 g/mol. The summed E-state index contributed by atoms with van der Waals surface area (Å²) >= 11 is 0. The van der Waals surface area contributed by atoms with Crippen LogP contribution < -0.4 is 11.2 Å². The minimum atomic E-state index is -0.0441. The lowest BCUT2D eigenvalue weighted by Gasteiger charge is -2.16. The molecule has 3 N–H and O–H groups in total. The molecular weight excluding hydrogens is 158 g/mol. The van der Waals surface area contributed by atoms with Gasteiger partial charge in [-0.05, 0) is 0 Å². The van der Waals surface area contributed by atoms with Gasteiger partial charge in [0.2, 0.25) is 5.91 Å². The molecule has 0 aromatic carbocycles. The van der Waals surface area contributed by atoms with E-state index in [2.05, 4.69) is 5.32 Å². The second-order valence-corrected chi connectivity index (χ2v) is 3.04. The number of nitrogens with one attached hydrogen (secondary N) is 1. The molecule has 2 unspecified atom stereocenters. The molecular formula is C7H15N3O2. The third-order valence-corrected chi connectivity index (χ3v) is 1.99. The first-order valence-corrected chi connectivity index (χ1v) is 3.93. The number of hydrogen-bond acceptors (Lipinski definition) is 4. The number of hydrazine groups is 1. The molecule has 0 radical (unpaired) electrons. The highest BCUT2D eigenvalue weighted by Crippen LogP contribution is 2.08. The lowest BCUT2D eigenvalue weighted by Crippen LogP contribution is -2.42. The Hall–Kier alpha value is -0.650. The van der Waals surface area contributed by atoms with Gasteiger partial charge in [-0.25, -0.2) is 5.01 Å². The normalized spacial score (nSPS) is 30.6. The summed E-state index contributed by atoms with van der Waals surface area (Å²) in [4.78, 5) is 10.7. The van der Waals surface area contributed by atoms with E-state index >= 15 is 0 Å². The van der Waals surface area contributed by atoms with Gasteiger partial charge in [-0.15, -0.1) is 0 Å². The first-order chi connectivity index (χ1) is 5.63. The van der Waals surface area contributed by atoms with Crippen LogP contribution in [0.3, 0.4) is 0 Å². The summed E-state index contributed by atoms with van der Waals surface area (Å²) in [7, 11) is 1.62. The minimum Gasteiger partial charge on any atom is -0.378 e. The van der Waals surface area contributed by atoms with Gasteiger partial charge in [0.25, 0.3) is 0 Å². The molecule has 0 aliphatic carbocycles. The van der Waals surface area contributed by atoms with E-state index in [1.165, 1.54) is 6.92 Å². The number of amides is 1. The number of carbonyl (C=O) groups excluding carboxylic acids is 1. The van der Waals surface area contributed by atoms with E-state index in [0.717, 1.165) is 0 Å². The number of hydrogen-bond donors (Lipinski definition) is 2. The first-order valence-electron chi connectivity index (χ1n) is 3.93. The molecule has 0 saturated carbocycles. The second-order valence-electron chi connectivity index (χ2n) is 3.04. The Bertz CT molecular complexity index is 174. The Balaban J connectivity index is 2.46. The molecule has 5 nitrogen and oxygen atoms in total. The fourth-order valence-electron chi connectivity index (χ4n) is 1.44. The van der Waals surface area contributed by atoms with E-state index in [1.807, 2.05) is 0 Å². The van der Waals surface area contributed by atoms with Crippen LogP contribution in [0.2, 0.25) is 0 Å². The molecule has 12 heavy (non-hydrogen) atoms. The van der Waals surface area contributed by atoms with Gasteiger partial charge in [-0.3, -0.25) is 10.6 Å². The van der Waals surface area contributed by atoms with E-state index in [1.54, 1.807) is 12.1 Å². The Kier molecular flexibility index (Phi) is 3.02. The van der Waals surface area contributed by atoms with Crippen molar-refractivity contribution in [1.82, 2.24) is 10.3 Å². The highest BCUT2D eigenvalue weighted by Gasteiger charge is 2.31. The van der Waals surface area contributed by atoms with Crippen molar-refractivity contribution in [1.29, 1.82) is 0 Å². The van der Waals surface area contributed by atoms with Gasteiger partial charge < -0.3 is 10.1 Å². The Morgan fingerprint density at radius 2 is 2.33 bits per heavy atom. The van der Waals surface area contributed by atoms with E-state index in [9.17, 15) is 4.79 Å². The quantitative estimate of drug-likeness (QED) is 0.509. The summed E-state index contributed by atoms with van der Waals surface area (Å²) in [6, 6.07) is 0.0255. The van der Waals surface area contributed by atoms with Crippen molar-refractivity contribution < 1.29 is 9.53 Å². The SMILES string of the molecule is COC1CN(N)CC1NC(C)=O. The number of nitrogens with two attached hydrogens (primary N) is 1. The number of ether oxygens (including phenoxy) is 1. The van der Waals surface area contributed by atoms with Crippen LogP contribution in [0.5, 0.6) is 0 Å². The molecule has 1 heterocycles. The third-order valence-electron chi connectivity index (χ3n) is 1.99. The molecule has 0 aromatic heterocycles. The van der Waals surface area contributed by atoms with Gasteiger partial charge in [0, 0.05) is 27.1 Å². The Labute approximate surface area is 71.8 Å². The van der Waals surface area contributed by atoms with E-state index < -0.39 is 0 Å². The van der Waals surface area contributed by atoms with Crippen LogP contribution in [0, 0.1) is 0 Å². The first kappa shape index (κ1) is 9.44. The molecule has 1 amide bonds. The van der Waals surface area contributed by atoms with Crippen molar-refractivity contribution in [3.8, 4) is 0 Å². The van der Waals surface area contributed by atoms with Gasteiger partial charge in [0.15, 0.2) is 0 Å². The van der Waals surface area contributed by atoms with Crippen molar-refractivity contribution in [3.63, 3.8) is 0 Å². The van der Waals surface area contributed by atoms with Crippen LogP contribution in [-0.4, -0.2) is 43.3 Å². The molecule has 70 valence electrons. The van der Waals surface area contributed by atoms with Crippen LogP contribution in [-0.2, 0) is 9.53 Å².